The van der Waals surface area contributed by atoms with Gasteiger partial charge in [-0.25, -0.2) is 4.79 Å². The highest BCUT2D eigenvalue weighted by atomic mass is 35.5. The quantitative estimate of drug-likeness (QED) is 0.852. The first-order chi connectivity index (χ1) is 9.10. The Labute approximate surface area is 122 Å². The van der Waals surface area contributed by atoms with Crippen molar-refractivity contribution in [2.75, 3.05) is 31.3 Å². The fraction of sp³-hybridized carbons (Fsp3) is 0.462. The molecular weight excluding hydrogens is 284 g/mol. The minimum Gasteiger partial charge on any atom is -0.375 e. The summed E-state index contributed by atoms with van der Waals surface area (Å²) in [5, 5.41) is 3.52. The standard InChI is InChI=1S/C13H17ClN2O2S/c1-9-8-16(5-6-18-9)13(17)15-10-3-4-12(19-2)11(14)7-10/h3-4,7,9H,5-6,8H2,1-2H3,(H,15,17)/t9-/m1/s1. The molecule has 0 radical (unpaired) electrons. The van der Waals surface area contributed by atoms with Crippen molar-refractivity contribution in [3.63, 3.8) is 0 Å². The smallest absolute Gasteiger partial charge is 0.322 e. The van der Waals surface area contributed by atoms with Crippen LogP contribution in [-0.4, -0.2) is 43.0 Å². The van der Waals surface area contributed by atoms with E-state index in [2.05, 4.69) is 5.32 Å². The molecule has 1 fully saturated rings. The van der Waals surface area contributed by atoms with Gasteiger partial charge in [0.05, 0.1) is 17.7 Å². The van der Waals surface area contributed by atoms with Crippen LogP contribution >= 0.6 is 23.4 Å². The molecule has 6 heteroatoms. The van der Waals surface area contributed by atoms with Gasteiger partial charge in [0.15, 0.2) is 0 Å². The number of hydrogen-bond donors (Lipinski definition) is 1. The summed E-state index contributed by atoms with van der Waals surface area (Å²) in [4.78, 5) is 14.8. The van der Waals surface area contributed by atoms with E-state index < -0.39 is 0 Å². The number of morpholine rings is 1. The lowest BCUT2D eigenvalue weighted by Gasteiger charge is -2.31. The first-order valence-electron chi connectivity index (χ1n) is 6.11. The molecule has 1 N–H and O–H groups in total. The van der Waals surface area contributed by atoms with Crippen molar-refractivity contribution in [1.82, 2.24) is 4.90 Å². The first kappa shape index (κ1) is 14.5. The van der Waals surface area contributed by atoms with Gasteiger partial charge in [0.2, 0.25) is 0 Å². The Morgan fingerprint density at radius 3 is 3.00 bits per heavy atom. The van der Waals surface area contributed by atoms with Gasteiger partial charge >= 0.3 is 6.03 Å². The topological polar surface area (TPSA) is 41.6 Å². The number of amides is 2. The van der Waals surface area contributed by atoms with E-state index in [1.165, 1.54) is 0 Å². The van der Waals surface area contributed by atoms with Crippen molar-refractivity contribution < 1.29 is 9.53 Å². The molecule has 0 spiro atoms. The maximum absolute atomic E-state index is 12.1. The number of hydrogen-bond acceptors (Lipinski definition) is 3. The van der Waals surface area contributed by atoms with Crippen molar-refractivity contribution in [2.24, 2.45) is 0 Å². The van der Waals surface area contributed by atoms with E-state index >= 15 is 0 Å². The molecule has 2 amide bonds. The average Bonchev–Trinajstić information content (AvgIpc) is 2.39. The van der Waals surface area contributed by atoms with Gasteiger partial charge < -0.3 is 15.0 Å². The maximum atomic E-state index is 12.1. The number of halogens is 1. The van der Waals surface area contributed by atoms with E-state index in [0.29, 0.717) is 30.4 Å². The summed E-state index contributed by atoms with van der Waals surface area (Å²) in [6.45, 7) is 3.78. The van der Waals surface area contributed by atoms with Crippen molar-refractivity contribution in [1.29, 1.82) is 0 Å². The molecule has 0 unspecified atom stereocenters. The second-order valence-corrected chi connectivity index (χ2v) is 5.66. The third-order valence-electron chi connectivity index (χ3n) is 2.93. The Kier molecular flexibility index (Phi) is 4.96. The third kappa shape index (κ3) is 3.78. The minimum absolute atomic E-state index is 0.0851. The fourth-order valence-corrected chi connectivity index (χ4v) is 2.82. The molecule has 0 bridgehead atoms. The number of carbonyl (C=O) groups excluding carboxylic acids is 1. The Bertz CT molecular complexity index is 470. The number of rotatable bonds is 2. The number of urea groups is 1. The summed E-state index contributed by atoms with van der Waals surface area (Å²) in [6.07, 6.45) is 2.05. The molecule has 1 aliphatic rings. The Morgan fingerprint density at radius 2 is 2.37 bits per heavy atom. The highest BCUT2D eigenvalue weighted by Crippen LogP contribution is 2.28. The first-order valence-corrected chi connectivity index (χ1v) is 7.71. The van der Waals surface area contributed by atoms with Gasteiger partial charge in [-0.2, -0.15) is 0 Å². The van der Waals surface area contributed by atoms with Crippen LogP contribution in [0, 0.1) is 0 Å². The third-order valence-corrected chi connectivity index (χ3v) is 4.15. The summed E-state index contributed by atoms with van der Waals surface area (Å²) in [5.74, 6) is 0. The maximum Gasteiger partial charge on any atom is 0.322 e. The van der Waals surface area contributed by atoms with Gasteiger partial charge in [0.25, 0.3) is 0 Å². The molecule has 1 saturated heterocycles. The van der Waals surface area contributed by atoms with E-state index in [1.54, 1.807) is 22.7 Å². The number of ether oxygens (including phenoxy) is 1. The zero-order valence-electron chi connectivity index (χ0n) is 11.0. The summed E-state index contributed by atoms with van der Waals surface area (Å²) in [6, 6.07) is 5.43. The van der Waals surface area contributed by atoms with Crippen LogP contribution in [0.1, 0.15) is 6.92 Å². The van der Waals surface area contributed by atoms with Crippen molar-refractivity contribution >= 4 is 35.1 Å². The van der Waals surface area contributed by atoms with E-state index in [1.807, 2.05) is 25.3 Å². The van der Waals surface area contributed by atoms with Crippen LogP contribution in [0.3, 0.4) is 0 Å². The number of anilines is 1. The monoisotopic (exact) mass is 300 g/mol. The molecule has 4 nitrogen and oxygen atoms in total. The SMILES string of the molecule is CSc1ccc(NC(=O)N2CCO[C@H](C)C2)cc1Cl. The number of benzene rings is 1. The lowest BCUT2D eigenvalue weighted by atomic mass is 10.3. The van der Waals surface area contributed by atoms with Crippen molar-refractivity contribution in [2.45, 2.75) is 17.9 Å². The highest BCUT2D eigenvalue weighted by molar-refractivity contribution is 7.98. The summed E-state index contributed by atoms with van der Waals surface area (Å²) in [5.41, 5.74) is 0.715. The van der Waals surface area contributed by atoms with Crippen LogP contribution in [0.5, 0.6) is 0 Å². The lowest BCUT2D eigenvalue weighted by Crippen LogP contribution is -2.46. The Morgan fingerprint density at radius 1 is 1.58 bits per heavy atom. The number of thioether (sulfide) groups is 1. The predicted octanol–water partition coefficient (Wildman–Crippen LogP) is 3.31. The normalized spacial score (nSPS) is 19.3. The van der Waals surface area contributed by atoms with Crippen LogP contribution in [-0.2, 0) is 4.74 Å². The van der Waals surface area contributed by atoms with Gasteiger partial charge in [0, 0.05) is 23.7 Å². The molecule has 1 aromatic rings. The van der Waals surface area contributed by atoms with Gasteiger partial charge in [-0.3, -0.25) is 0 Å². The highest BCUT2D eigenvalue weighted by Gasteiger charge is 2.21. The second kappa shape index (κ2) is 6.50. The van der Waals surface area contributed by atoms with Crippen LogP contribution in [0.25, 0.3) is 0 Å². The van der Waals surface area contributed by atoms with Gasteiger partial charge in [-0.1, -0.05) is 11.6 Å². The Hall–Kier alpha value is -0.910. The molecule has 1 aromatic carbocycles. The predicted molar refractivity (Wildman–Crippen MR) is 79.2 cm³/mol. The molecule has 1 heterocycles. The molecule has 1 aliphatic heterocycles. The summed E-state index contributed by atoms with van der Waals surface area (Å²) < 4.78 is 5.41. The lowest BCUT2D eigenvalue weighted by molar-refractivity contribution is -0.00138. The summed E-state index contributed by atoms with van der Waals surface area (Å²) in [7, 11) is 0. The van der Waals surface area contributed by atoms with E-state index in [-0.39, 0.29) is 12.1 Å². The van der Waals surface area contributed by atoms with Gasteiger partial charge in [0.1, 0.15) is 0 Å². The molecule has 0 aliphatic carbocycles. The second-order valence-electron chi connectivity index (χ2n) is 4.41. The molecule has 104 valence electrons. The van der Waals surface area contributed by atoms with Crippen LogP contribution in [0.15, 0.2) is 23.1 Å². The molecule has 0 saturated carbocycles. The average molecular weight is 301 g/mol. The number of carbonyl (C=O) groups is 1. The van der Waals surface area contributed by atoms with Gasteiger partial charge in [-0.05, 0) is 31.4 Å². The molecule has 19 heavy (non-hydrogen) atoms. The van der Waals surface area contributed by atoms with Crippen LogP contribution < -0.4 is 5.32 Å². The van der Waals surface area contributed by atoms with E-state index in [9.17, 15) is 4.79 Å². The largest absolute Gasteiger partial charge is 0.375 e. The molecule has 0 aromatic heterocycles. The number of nitrogens with zero attached hydrogens (tertiary/aromatic N) is 1. The van der Waals surface area contributed by atoms with E-state index in [4.69, 9.17) is 16.3 Å². The molecule has 1 atom stereocenters. The fourth-order valence-electron chi connectivity index (χ4n) is 1.95. The van der Waals surface area contributed by atoms with Crippen molar-refractivity contribution in [3.8, 4) is 0 Å². The minimum atomic E-state index is -0.108. The number of nitrogens with one attached hydrogen (secondary N) is 1. The zero-order valence-corrected chi connectivity index (χ0v) is 12.6. The molecule has 2 rings (SSSR count). The summed E-state index contributed by atoms with van der Waals surface area (Å²) >= 11 is 7.70. The van der Waals surface area contributed by atoms with Crippen LogP contribution in [0.4, 0.5) is 10.5 Å². The molecular formula is C13H17ClN2O2S. The van der Waals surface area contributed by atoms with Gasteiger partial charge in [-0.15, -0.1) is 11.8 Å². The van der Waals surface area contributed by atoms with E-state index in [0.717, 1.165) is 4.90 Å². The zero-order chi connectivity index (χ0) is 13.8. The van der Waals surface area contributed by atoms with Crippen LogP contribution in [0.2, 0.25) is 5.02 Å². The van der Waals surface area contributed by atoms with Crippen molar-refractivity contribution in [3.05, 3.63) is 23.2 Å². The Balaban J connectivity index is 2.00.